The lowest BCUT2D eigenvalue weighted by molar-refractivity contribution is -0.385. The highest BCUT2D eigenvalue weighted by atomic mass is 19.1. The Hall–Kier alpha value is -2.02. The van der Waals surface area contributed by atoms with Crippen molar-refractivity contribution >= 4 is 11.6 Å². The van der Waals surface area contributed by atoms with Gasteiger partial charge in [-0.3, -0.25) is 14.9 Å². The van der Waals surface area contributed by atoms with Crippen LogP contribution in [0.4, 0.5) is 10.1 Å². The summed E-state index contributed by atoms with van der Waals surface area (Å²) < 4.78 is 13.2. The van der Waals surface area contributed by atoms with Gasteiger partial charge in [-0.2, -0.15) is 0 Å². The Balaban J connectivity index is 2.04. The number of hydrogen-bond acceptors (Lipinski definition) is 4. The predicted molar refractivity (Wildman–Crippen MR) is 71.0 cm³/mol. The first-order valence-electron chi connectivity index (χ1n) is 6.51. The number of benzene rings is 1. The van der Waals surface area contributed by atoms with Crippen LogP contribution in [-0.4, -0.2) is 30.5 Å². The van der Waals surface area contributed by atoms with Crippen LogP contribution in [0.3, 0.4) is 0 Å². The Labute approximate surface area is 115 Å². The molecule has 6 nitrogen and oxygen atoms in total. The maximum Gasteiger partial charge on any atom is 0.282 e. The molecule has 1 amide bonds. The molecule has 1 aromatic rings. The molecule has 2 rings (SSSR count). The first-order valence-corrected chi connectivity index (χ1v) is 6.51. The van der Waals surface area contributed by atoms with Gasteiger partial charge in [0.15, 0.2) is 0 Å². The minimum Gasteiger partial charge on any atom is -0.352 e. The quantitative estimate of drug-likeness (QED) is 0.646. The smallest absolute Gasteiger partial charge is 0.282 e. The van der Waals surface area contributed by atoms with E-state index in [2.05, 4.69) is 10.6 Å². The molecule has 1 aromatic carbocycles. The maximum absolute atomic E-state index is 13.2. The predicted octanol–water partition coefficient (Wildman–Crippen LogP) is 1.46. The molecule has 20 heavy (non-hydrogen) atoms. The number of piperidine rings is 1. The van der Waals surface area contributed by atoms with Crippen molar-refractivity contribution in [2.24, 2.45) is 5.92 Å². The van der Waals surface area contributed by atoms with E-state index in [-0.39, 0.29) is 11.3 Å². The molecule has 0 aliphatic carbocycles. The van der Waals surface area contributed by atoms with Crippen LogP contribution in [0.25, 0.3) is 0 Å². The van der Waals surface area contributed by atoms with Gasteiger partial charge in [0.25, 0.3) is 11.6 Å². The lowest BCUT2D eigenvalue weighted by Gasteiger charge is -2.22. The average Bonchev–Trinajstić information content (AvgIpc) is 2.45. The molecule has 7 heteroatoms. The van der Waals surface area contributed by atoms with Gasteiger partial charge >= 0.3 is 0 Å². The number of carbonyl (C=O) groups is 1. The second-order valence-electron chi connectivity index (χ2n) is 4.82. The van der Waals surface area contributed by atoms with E-state index in [4.69, 9.17) is 0 Å². The summed E-state index contributed by atoms with van der Waals surface area (Å²) in [6.07, 6.45) is 1.90. The number of carbonyl (C=O) groups excluding carboxylic acids is 1. The SMILES string of the molecule is O=C(NCC1CCNCC1)c1cc(F)ccc1[N+](=O)[O-]. The van der Waals surface area contributed by atoms with Crippen molar-refractivity contribution in [2.75, 3.05) is 19.6 Å². The first-order chi connectivity index (χ1) is 9.58. The zero-order chi connectivity index (χ0) is 14.5. The Morgan fingerprint density at radius 2 is 2.15 bits per heavy atom. The van der Waals surface area contributed by atoms with E-state index in [1.54, 1.807) is 0 Å². The van der Waals surface area contributed by atoms with Crippen LogP contribution in [0.2, 0.25) is 0 Å². The molecule has 1 saturated heterocycles. The lowest BCUT2D eigenvalue weighted by Crippen LogP contribution is -2.36. The number of nitro groups is 1. The van der Waals surface area contributed by atoms with E-state index in [1.165, 1.54) is 0 Å². The van der Waals surface area contributed by atoms with Crippen LogP contribution >= 0.6 is 0 Å². The van der Waals surface area contributed by atoms with E-state index in [9.17, 15) is 19.3 Å². The number of hydrogen-bond donors (Lipinski definition) is 2. The van der Waals surface area contributed by atoms with E-state index in [0.29, 0.717) is 12.5 Å². The Morgan fingerprint density at radius 3 is 2.80 bits per heavy atom. The number of rotatable bonds is 4. The topological polar surface area (TPSA) is 84.3 Å². The number of nitrogens with zero attached hydrogens (tertiary/aromatic N) is 1. The Kier molecular flexibility index (Phi) is 4.62. The minimum absolute atomic E-state index is 0.232. The maximum atomic E-state index is 13.2. The summed E-state index contributed by atoms with van der Waals surface area (Å²) >= 11 is 0. The van der Waals surface area contributed by atoms with Crippen LogP contribution in [0.1, 0.15) is 23.2 Å². The molecular weight excluding hydrogens is 265 g/mol. The third kappa shape index (κ3) is 3.51. The fourth-order valence-electron chi connectivity index (χ4n) is 2.27. The zero-order valence-electron chi connectivity index (χ0n) is 10.9. The van der Waals surface area contributed by atoms with Crippen molar-refractivity contribution in [3.05, 3.63) is 39.7 Å². The van der Waals surface area contributed by atoms with E-state index >= 15 is 0 Å². The fraction of sp³-hybridized carbons (Fsp3) is 0.462. The van der Waals surface area contributed by atoms with Gasteiger partial charge in [-0.25, -0.2) is 4.39 Å². The van der Waals surface area contributed by atoms with Gasteiger partial charge in [-0.1, -0.05) is 0 Å². The largest absolute Gasteiger partial charge is 0.352 e. The summed E-state index contributed by atoms with van der Waals surface area (Å²) in [5.41, 5.74) is -0.613. The summed E-state index contributed by atoms with van der Waals surface area (Å²) in [5, 5.41) is 16.7. The van der Waals surface area contributed by atoms with Gasteiger partial charge in [-0.15, -0.1) is 0 Å². The summed E-state index contributed by atoms with van der Waals surface area (Å²) in [5.74, 6) is -0.912. The third-order valence-corrected chi connectivity index (χ3v) is 3.41. The average molecular weight is 281 g/mol. The Bertz CT molecular complexity index is 516. The van der Waals surface area contributed by atoms with Gasteiger partial charge in [0, 0.05) is 12.6 Å². The molecule has 1 aliphatic heterocycles. The summed E-state index contributed by atoms with van der Waals surface area (Å²) in [6.45, 7) is 2.26. The molecule has 0 spiro atoms. The standard InChI is InChI=1S/C13H16FN3O3/c14-10-1-2-12(17(19)20)11(7-10)13(18)16-8-9-3-5-15-6-4-9/h1-2,7,9,15H,3-6,8H2,(H,16,18). The third-order valence-electron chi connectivity index (χ3n) is 3.41. The van der Waals surface area contributed by atoms with Crippen molar-refractivity contribution < 1.29 is 14.1 Å². The van der Waals surface area contributed by atoms with Gasteiger partial charge in [0.1, 0.15) is 11.4 Å². The molecule has 0 atom stereocenters. The molecule has 1 heterocycles. The van der Waals surface area contributed by atoms with Gasteiger partial charge in [0.05, 0.1) is 4.92 Å². The molecule has 0 unspecified atom stereocenters. The number of nitro benzene ring substituents is 1. The molecule has 0 radical (unpaired) electrons. The number of nitrogens with one attached hydrogen (secondary N) is 2. The van der Waals surface area contributed by atoms with Crippen LogP contribution in [0.5, 0.6) is 0 Å². The van der Waals surface area contributed by atoms with Crippen molar-refractivity contribution in [2.45, 2.75) is 12.8 Å². The molecular formula is C13H16FN3O3. The van der Waals surface area contributed by atoms with Crippen molar-refractivity contribution in [1.29, 1.82) is 0 Å². The fourth-order valence-corrected chi connectivity index (χ4v) is 2.27. The monoisotopic (exact) mass is 281 g/mol. The van der Waals surface area contributed by atoms with Crippen LogP contribution in [0.15, 0.2) is 18.2 Å². The van der Waals surface area contributed by atoms with Crippen LogP contribution < -0.4 is 10.6 Å². The summed E-state index contributed by atoms with van der Waals surface area (Å²) in [4.78, 5) is 22.1. The van der Waals surface area contributed by atoms with E-state index in [0.717, 1.165) is 44.1 Å². The first kappa shape index (κ1) is 14.4. The van der Waals surface area contributed by atoms with Gasteiger partial charge in [0.2, 0.25) is 0 Å². The van der Waals surface area contributed by atoms with Crippen LogP contribution in [-0.2, 0) is 0 Å². The summed E-state index contributed by atoms with van der Waals surface area (Å²) in [6, 6.07) is 2.88. The lowest BCUT2D eigenvalue weighted by atomic mass is 9.98. The number of amides is 1. The van der Waals surface area contributed by atoms with E-state index in [1.807, 2.05) is 0 Å². The van der Waals surface area contributed by atoms with E-state index < -0.39 is 16.6 Å². The van der Waals surface area contributed by atoms with Crippen molar-refractivity contribution in [1.82, 2.24) is 10.6 Å². The molecule has 0 saturated carbocycles. The van der Waals surface area contributed by atoms with Crippen molar-refractivity contribution in [3.8, 4) is 0 Å². The Morgan fingerprint density at radius 1 is 1.45 bits per heavy atom. The number of halogens is 1. The highest BCUT2D eigenvalue weighted by Gasteiger charge is 2.22. The van der Waals surface area contributed by atoms with Gasteiger partial charge < -0.3 is 10.6 Å². The highest BCUT2D eigenvalue weighted by Crippen LogP contribution is 2.19. The van der Waals surface area contributed by atoms with Gasteiger partial charge in [-0.05, 0) is 44.0 Å². The summed E-state index contributed by atoms with van der Waals surface area (Å²) in [7, 11) is 0. The molecule has 1 fully saturated rings. The normalized spacial score (nSPS) is 15.8. The second kappa shape index (κ2) is 6.42. The molecule has 0 aromatic heterocycles. The van der Waals surface area contributed by atoms with Crippen LogP contribution in [0, 0.1) is 21.8 Å². The molecule has 1 aliphatic rings. The zero-order valence-corrected chi connectivity index (χ0v) is 10.9. The molecule has 2 N–H and O–H groups in total. The minimum atomic E-state index is -0.682. The molecule has 108 valence electrons. The molecule has 0 bridgehead atoms. The highest BCUT2D eigenvalue weighted by molar-refractivity contribution is 5.98. The van der Waals surface area contributed by atoms with Crippen molar-refractivity contribution in [3.63, 3.8) is 0 Å². The second-order valence-corrected chi connectivity index (χ2v) is 4.82.